The lowest BCUT2D eigenvalue weighted by Crippen LogP contribution is -2.17. The molecule has 0 aromatic heterocycles. The average Bonchev–Trinajstić information content (AvgIpc) is 2.15. The number of rotatable bonds is 1. The summed E-state index contributed by atoms with van der Waals surface area (Å²) < 4.78 is 40.5. The molecule has 2 rings (SSSR count). The Kier molecular flexibility index (Phi) is 2.80. The zero-order chi connectivity index (χ0) is 11.8. The Morgan fingerprint density at radius 3 is 2.44 bits per heavy atom. The highest BCUT2D eigenvalue weighted by molar-refractivity contribution is 9.10. The summed E-state index contributed by atoms with van der Waals surface area (Å²) in [5.74, 6) is -0.224. The first kappa shape index (κ1) is 11.3. The average molecular weight is 291 g/mol. The monoisotopic (exact) mass is 290 g/mol. The van der Waals surface area contributed by atoms with Crippen LogP contribution in [-0.2, 0) is 0 Å². The van der Waals surface area contributed by atoms with Crippen LogP contribution in [0.3, 0.4) is 0 Å². The van der Waals surface area contributed by atoms with E-state index in [1.807, 2.05) is 12.1 Å². The van der Waals surface area contributed by atoms with Crippen LogP contribution in [0.25, 0.3) is 10.8 Å². The number of halogens is 4. The Labute approximate surface area is 98.0 Å². The molecule has 0 unspecified atom stereocenters. The van der Waals surface area contributed by atoms with E-state index < -0.39 is 6.36 Å². The maximum atomic E-state index is 12.0. The number of hydrogen-bond acceptors (Lipinski definition) is 1. The molecule has 1 nitrogen and oxygen atoms in total. The van der Waals surface area contributed by atoms with Gasteiger partial charge in [0, 0.05) is 4.47 Å². The molecule has 0 amide bonds. The molecule has 0 atom stereocenters. The normalized spacial score (nSPS) is 11.8. The maximum Gasteiger partial charge on any atom is 0.573 e. The summed E-state index contributed by atoms with van der Waals surface area (Å²) >= 11 is 3.21. The fourth-order valence-electron chi connectivity index (χ4n) is 1.43. The van der Waals surface area contributed by atoms with Crippen molar-refractivity contribution in [2.75, 3.05) is 0 Å². The Morgan fingerprint density at radius 1 is 1.06 bits per heavy atom. The van der Waals surface area contributed by atoms with Crippen LogP contribution in [0.4, 0.5) is 13.2 Å². The number of fused-ring (bicyclic) bond motifs is 1. The van der Waals surface area contributed by atoms with E-state index in [9.17, 15) is 13.2 Å². The summed E-state index contributed by atoms with van der Waals surface area (Å²) in [6.45, 7) is 0. The van der Waals surface area contributed by atoms with Crippen molar-refractivity contribution < 1.29 is 17.9 Å². The van der Waals surface area contributed by atoms with Gasteiger partial charge in [-0.15, -0.1) is 13.2 Å². The second-order valence-corrected chi connectivity index (χ2v) is 4.03. The third kappa shape index (κ3) is 2.47. The topological polar surface area (TPSA) is 9.23 Å². The van der Waals surface area contributed by atoms with E-state index in [-0.39, 0.29) is 5.75 Å². The summed E-state index contributed by atoms with van der Waals surface area (Å²) in [5.41, 5.74) is 0. The van der Waals surface area contributed by atoms with Gasteiger partial charge in [0.2, 0.25) is 0 Å². The number of ether oxygens (including phenoxy) is 1. The van der Waals surface area contributed by atoms with Gasteiger partial charge in [0.1, 0.15) is 5.75 Å². The molecule has 0 aliphatic rings. The molecule has 0 saturated carbocycles. The molecule has 0 aliphatic carbocycles. The lowest BCUT2D eigenvalue weighted by molar-refractivity contribution is -0.274. The standard InChI is InChI=1S/C11H6BrF3O/c12-10-6-8(16-11(13,14)15)5-7-3-1-2-4-9(7)10/h1-6H. The first-order valence-electron chi connectivity index (χ1n) is 4.40. The van der Waals surface area contributed by atoms with Crippen LogP contribution in [0.15, 0.2) is 40.9 Å². The van der Waals surface area contributed by atoms with Gasteiger partial charge in [0.15, 0.2) is 0 Å². The van der Waals surface area contributed by atoms with E-state index in [4.69, 9.17) is 0 Å². The molecule has 5 heteroatoms. The zero-order valence-corrected chi connectivity index (χ0v) is 9.47. The highest BCUT2D eigenvalue weighted by Gasteiger charge is 2.31. The third-order valence-corrected chi connectivity index (χ3v) is 2.67. The quantitative estimate of drug-likeness (QED) is 0.751. The van der Waals surface area contributed by atoms with Crippen molar-refractivity contribution in [2.24, 2.45) is 0 Å². The first-order chi connectivity index (χ1) is 7.46. The van der Waals surface area contributed by atoms with E-state index in [2.05, 4.69) is 20.7 Å². The van der Waals surface area contributed by atoms with Crippen LogP contribution in [-0.4, -0.2) is 6.36 Å². The Balaban J connectivity index is 2.50. The molecule has 2 aromatic rings. The summed E-state index contributed by atoms with van der Waals surface area (Å²) in [5, 5.41) is 1.54. The van der Waals surface area contributed by atoms with Crippen LogP contribution in [0, 0.1) is 0 Å². The van der Waals surface area contributed by atoms with E-state index in [0.29, 0.717) is 9.86 Å². The van der Waals surface area contributed by atoms with Gasteiger partial charge < -0.3 is 4.74 Å². The SMILES string of the molecule is FC(F)(F)Oc1cc(Br)c2ccccc2c1. The largest absolute Gasteiger partial charge is 0.573 e. The first-order valence-corrected chi connectivity index (χ1v) is 5.19. The Morgan fingerprint density at radius 2 is 1.75 bits per heavy atom. The lowest BCUT2D eigenvalue weighted by atomic mass is 10.1. The summed E-state index contributed by atoms with van der Waals surface area (Å²) in [7, 11) is 0. The summed E-state index contributed by atoms with van der Waals surface area (Å²) in [6, 6.07) is 9.77. The predicted molar refractivity (Wildman–Crippen MR) is 58.3 cm³/mol. The van der Waals surface area contributed by atoms with Crippen molar-refractivity contribution in [3.05, 3.63) is 40.9 Å². The number of benzene rings is 2. The van der Waals surface area contributed by atoms with Crippen molar-refractivity contribution in [1.29, 1.82) is 0 Å². The van der Waals surface area contributed by atoms with Crippen LogP contribution >= 0.6 is 15.9 Å². The maximum absolute atomic E-state index is 12.0. The molecule has 0 heterocycles. The fourth-order valence-corrected chi connectivity index (χ4v) is 2.02. The minimum absolute atomic E-state index is 0.224. The van der Waals surface area contributed by atoms with Crippen LogP contribution in [0.5, 0.6) is 5.75 Å². The molecule has 0 fully saturated rings. The molecule has 0 aliphatic heterocycles. The Bertz CT molecular complexity index is 522. The highest BCUT2D eigenvalue weighted by Crippen LogP contribution is 2.32. The summed E-state index contributed by atoms with van der Waals surface area (Å²) in [4.78, 5) is 0. The van der Waals surface area contributed by atoms with E-state index >= 15 is 0 Å². The van der Waals surface area contributed by atoms with Crippen LogP contribution < -0.4 is 4.74 Å². The Hall–Kier alpha value is -1.23. The van der Waals surface area contributed by atoms with Gasteiger partial charge in [0.25, 0.3) is 0 Å². The van der Waals surface area contributed by atoms with Gasteiger partial charge in [0.05, 0.1) is 0 Å². The van der Waals surface area contributed by atoms with E-state index in [1.54, 1.807) is 12.1 Å². The fraction of sp³-hybridized carbons (Fsp3) is 0.0909. The van der Waals surface area contributed by atoms with Gasteiger partial charge in [-0.3, -0.25) is 0 Å². The van der Waals surface area contributed by atoms with E-state index in [1.165, 1.54) is 12.1 Å². The molecular weight excluding hydrogens is 285 g/mol. The van der Waals surface area contributed by atoms with Gasteiger partial charge in [-0.05, 0) is 22.9 Å². The lowest BCUT2D eigenvalue weighted by Gasteiger charge is -2.10. The molecule has 84 valence electrons. The van der Waals surface area contributed by atoms with Crippen LogP contribution in [0.1, 0.15) is 0 Å². The van der Waals surface area contributed by atoms with Crippen molar-refractivity contribution in [3.8, 4) is 5.75 Å². The zero-order valence-electron chi connectivity index (χ0n) is 7.88. The van der Waals surface area contributed by atoms with E-state index in [0.717, 1.165) is 5.39 Å². The van der Waals surface area contributed by atoms with Crippen molar-refractivity contribution in [3.63, 3.8) is 0 Å². The van der Waals surface area contributed by atoms with Crippen molar-refractivity contribution in [2.45, 2.75) is 6.36 Å². The van der Waals surface area contributed by atoms with Crippen molar-refractivity contribution in [1.82, 2.24) is 0 Å². The minimum Gasteiger partial charge on any atom is -0.406 e. The molecule has 0 bridgehead atoms. The number of alkyl halides is 3. The van der Waals surface area contributed by atoms with Crippen molar-refractivity contribution >= 4 is 26.7 Å². The molecule has 16 heavy (non-hydrogen) atoms. The predicted octanol–water partition coefficient (Wildman–Crippen LogP) is 4.50. The molecule has 0 spiro atoms. The molecule has 2 aromatic carbocycles. The molecular formula is C11H6BrF3O. The van der Waals surface area contributed by atoms with Gasteiger partial charge in [-0.25, -0.2) is 0 Å². The molecule has 0 N–H and O–H groups in total. The number of hydrogen-bond donors (Lipinski definition) is 0. The second-order valence-electron chi connectivity index (χ2n) is 3.17. The van der Waals surface area contributed by atoms with Gasteiger partial charge in [-0.1, -0.05) is 40.2 Å². The van der Waals surface area contributed by atoms with Crippen LogP contribution in [0.2, 0.25) is 0 Å². The molecule has 0 saturated heterocycles. The molecule has 0 radical (unpaired) electrons. The third-order valence-electron chi connectivity index (χ3n) is 2.02. The van der Waals surface area contributed by atoms with Gasteiger partial charge in [-0.2, -0.15) is 0 Å². The summed E-state index contributed by atoms with van der Waals surface area (Å²) in [6.07, 6.45) is -4.66. The smallest absolute Gasteiger partial charge is 0.406 e. The highest BCUT2D eigenvalue weighted by atomic mass is 79.9. The van der Waals surface area contributed by atoms with Gasteiger partial charge >= 0.3 is 6.36 Å². The minimum atomic E-state index is -4.66. The second kappa shape index (κ2) is 3.97.